The maximum atomic E-state index is 13.3. The third-order valence-corrected chi connectivity index (χ3v) is 4.31. The number of thioether (sulfide) groups is 1. The number of rotatable bonds is 1. The van der Waals surface area contributed by atoms with Gasteiger partial charge in [-0.1, -0.05) is 0 Å². The summed E-state index contributed by atoms with van der Waals surface area (Å²) in [6.45, 7) is 0. The second-order valence-corrected chi connectivity index (χ2v) is 4.76. The van der Waals surface area contributed by atoms with Crippen LogP contribution >= 0.6 is 35.7 Å². The van der Waals surface area contributed by atoms with Crippen LogP contribution in [0, 0.1) is 5.82 Å². The molecule has 0 spiro atoms. The maximum absolute atomic E-state index is 13.3. The van der Waals surface area contributed by atoms with Gasteiger partial charge in [-0.3, -0.25) is 0 Å². The Morgan fingerprint density at radius 2 is 2.31 bits per heavy atom. The van der Waals surface area contributed by atoms with E-state index in [9.17, 15) is 4.39 Å². The van der Waals surface area contributed by atoms with Crippen LogP contribution in [0.15, 0.2) is 27.3 Å². The molecule has 0 aliphatic carbocycles. The molecule has 0 N–H and O–H groups in total. The molecule has 1 aromatic carbocycles. The van der Waals surface area contributed by atoms with Gasteiger partial charge in [0.25, 0.3) is 0 Å². The first kappa shape index (κ1) is 9.37. The second kappa shape index (κ2) is 3.52. The van der Waals surface area contributed by atoms with E-state index in [-0.39, 0.29) is 5.82 Å². The van der Waals surface area contributed by atoms with Crippen molar-refractivity contribution in [1.82, 2.24) is 0 Å². The van der Waals surface area contributed by atoms with Crippen LogP contribution in [0.2, 0.25) is 0 Å². The molecule has 4 heteroatoms. The summed E-state index contributed by atoms with van der Waals surface area (Å²) < 4.78 is 14.4. The van der Waals surface area contributed by atoms with Gasteiger partial charge >= 0.3 is 0 Å². The SMILES string of the molecule is CSc1c(S)c(F)cc2ccsc12. The zero-order chi connectivity index (χ0) is 9.42. The highest BCUT2D eigenvalue weighted by atomic mass is 32.2. The minimum Gasteiger partial charge on any atom is -0.206 e. The number of halogens is 1. The monoisotopic (exact) mass is 230 g/mol. The molecule has 2 aromatic rings. The number of benzene rings is 1. The smallest absolute Gasteiger partial charge is 0.138 e. The van der Waals surface area contributed by atoms with Crippen LogP contribution in [0.5, 0.6) is 0 Å². The van der Waals surface area contributed by atoms with Gasteiger partial charge in [-0.15, -0.1) is 35.7 Å². The molecule has 0 fully saturated rings. The normalized spacial score (nSPS) is 11.0. The zero-order valence-corrected chi connectivity index (χ0v) is 9.40. The highest BCUT2D eigenvalue weighted by Crippen LogP contribution is 2.37. The van der Waals surface area contributed by atoms with Gasteiger partial charge in [-0.25, -0.2) is 4.39 Å². The van der Waals surface area contributed by atoms with Gasteiger partial charge in [0.1, 0.15) is 5.82 Å². The molecule has 0 saturated heterocycles. The summed E-state index contributed by atoms with van der Waals surface area (Å²) in [5, 5.41) is 2.93. The third-order valence-electron chi connectivity index (χ3n) is 1.83. The van der Waals surface area contributed by atoms with Gasteiger partial charge in [0.2, 0.25) is 0 Å². The predicted octanol–water partition coefficient (Wildman–Crippen LogP) is 4.05. The molecule has 0 bridgehead atoms. The van der Waals surface area contributed by atoms with E-state index in [1.807, 2.05) is 17.7 Å². The lowest BCUT2D eigenvalue weighted by Gasteiger charge is -2.03. The molecule has 68 valence electrons. The molecule has 2 rings (SSSR count). The van der Waals surface area contributed by atoms with Gasteiger partial charge in [0.15, 0.2) is 0 Å². The van der Waals surface area contributed by atoms with E-state index >= 15 is 0 Å². The van der Waals surface area contributed by atoms with E-state index in [0.29, 0.717) is 4.90 Å². The molecule has 1 heterocycles. The van der Waals surface area contributed by atoms with E-state index in [2.05, 4.69) is 12.6 Å². The van der Waals surface area contributed by atoms with E-state index in [1.165, 1.54) is 17.8 Å². The zero-order valence-electron chi connectivity index (χ0n) is 6.87. The minimum atomic E-state index is -0.237. The van der Waals surface area contributed by atoms with Crippen LogP contribution in [-0.4, -0.2) is 6.26 Å². The first-order chi connectivity index (χ1) is 6.24. The van der Waals surface area contributed by atoms with Crippen molar-refractivity contribution in [2.24, 2.45) is 0 Å². The second-order valence-electron chi connectivity index (χ2n) is 2.58. The van der Waals surface area contributed by atoms with Crippen molar-refractivity contribution in [3.05, 3.63) is 23.3 Å². The van der Waals surface area contributed by atoms with Crippen molar-refractivity contribution in [2.45, 2.75) is 9.79 Å². The van der Waals surface area contributed by atoms with Gasteiger partial charge < -0.3 is 0 Å². The molecule has 0 saturated carbocycles. The third kappa shape index (κ3) is 1.47. The van der Waals surface area contributed by atoms with Crippen molar-refractivity contribution in [2.75, 3.05) is 6.26 Å². The van der Waals surface area contributed by atoms with Crippen molar-refractivity contribution in [1.29, 1.82) is 0 Å². The minimum absolute atomic E-state index is 0.237. The Morgan fingerprint density at radius 3 is 3.00 bits per heavy atom. The number of thiophene rings is 1. The molecular formula is C9H7FS3. The van der Waals surface area contributed by atoms with Crippen LogP contribution in [0.3, 0.4) is 0 Å². The maximum Gasteiger partial charge on any atom is 0.138 e. The molecule has 13 heavy (non-hydrogen) atoms. The Labute approximate surface area is 89.6 Å². The van der Waals surface area contributed by atoms with Crippen molar-refractivity contribution in [3.63, 3.8) is 0 Å². The van der Waals surface area contributed by atoms with Crippen LogP contribution in [0.4, 0.5) is 4.39 Å². The van der Waals surface area contributed by atoms with E-state index in [4.69, 9.17) is 0 Å². The summed E-state index contributed by atoms with van der Waals surface area (Å²) in [5.41, 5.74) is 0. The molecule has 1 aromatic heterocycles. The van der Waals surface area contributed by atoms with Crippen molar-refractivity contribution >= 4 is 45.8 Å². The molecule has 0 atom stereocenters. The lowest BCUT2D eigenvalue weighted by molar-refractivity contribution is 0.598. The van der Waals surface area contributed by atoms with Gasteiger partial charge in [0.05, 0.1) is 4.90 Å². The van der Waals surface area contributed by atoms with Crippen molar-refractivity contribution in [3.8, 4) is 0 Å². The average Bonchev–Trinajstić information content (AvgIpc) is 2.54. The molecule has 0 radical (unpaired) electrons. The fraction of sp³-hybridized carbons (Fsp3) is 0.111. The lowest BCUT2D eigenvalue weighted by atomic mass is 10.2. The molecule has 0 amide bonds. The molecule has 0 aliphatic heterocycles. The number of hydrogen-bond donors (Lipinski definition) is 1. The summed E-state index contributed by atoms with van der Waals surface area (Å²) in [4.78, 5) is 1.40. The van der Waals surface area contributed by atoms with Crippen LogP contribution in [0.25, 0.3) is 10.1 Å². The van der Waals surface area contributed by atoms with Gasteiger partial charge in [0, 0.05) is 9.60 Å². The van der Waals surface area contributed by atoms with Crippen LogP contribution < -0.4 is 0 Å². The summed E-state index contributed by atoms with van der Waals surface area (Å²) >= 11 is 7.32. The summed E-state index contributed by atoms with van der Waals surface area (Å²) in [6.07, 6.45) is 1.94. The van der Waals surface area contributed by atoms with Gasteiger partial charge in [-0.2, -0.15) is 0 Å². The Morgan fingerprint density at radius 1 is 1.54 bits per heavy atom. The molecular weight excluding hydrogens is 223 g/mol. The Kier molecular flexibility index (Phi) is 2.53. The Bertz CT molecular complexity index is 447. The highest BCUT2D eigenvalue weighted by molar-refractivity contribution is 7.99. The first-order valence-electron chi connectivity index (χ1n) is 3.66. The first-order valence-corrected chi connectivity index (χ1v) is 6.22. The molecule has 0 nitrogen and oxygen atoms in total. The number of hydrogen-bond acceptors (Lipinski definition) is 3. The fourth-order valence-corrected chi connectivity index (χ4v) is 3.56. The Hall–Kier alpha value is -0.190. The topological polar surface area (TPSA) is 0 Å². The highest BCUT2D eigenvalue weighted by Gasteiger charge is 2.10. The predicted molar refractivity (Wildman–Crippen MR) is 60.8 cm³/mol. The van der Waals surface area contributed by atoms with Crippen molar-refractivity contribution < 1.29 is 4.39 Å². The average molecular weight is 230 g/mol. The summed E-state index contributed by atoms with van der Waals surface area (Å²) in [7, 11) is 0. The van der Waals surface area contributed by atoms with Crippen LogP contribution in [-0.2, 0) is 0 Å². The van der Waals surface area contributed by atoms with Gasteiger partial charge in [-0.05, 0) is 29.2 Å². The van der Waals surface area contributed by atoms with E-state index in [0.717, 1.165) is 15.0 Å². The summed E-state index contributed by atoms with van der Waals surface area (Å²) in [5.74, 6) is -0.237. The Balaban J connectivity index is 2.87. The van der Waals surface area contributed by atoms with Crippen LogP contribution in [0.1, 0.15) is 0 Å². The summed E-state index contributed by atoms with van der Waals surface area (Å²) in [6, 6.07) is 3.46. The number of fused-ring (bicyclic) bond motifs is 1. The quantitative estimate of drug-likeness (QED) is 0.569. The fourth-order valence-electron chi connectivity index (χ4n) is 1.23. The largest absolute Gasteiger partial charge is 0.206 e. The molecule has 0 unspecified atom stereocenters. The lowest BCUT2D eigenvalue weighted by Crippen LogP contribution is -1.81. The van der Waals surface area contributed by atoms with E-state index in [1.54, 1.807) is 11.3 Å². The van der Waals surface area contributed by atoms with E-state index < -0.39 is 0 Å². The number of thiol groups is 1. The molecule has 0 aliphatic rings. The standard InChI is InChI=1S/C9H7FS3/c1-12-9-7(11)6(10)4-5-2-3-13-8(5)9/h2-4,11H,1H3.